The van der Waals surface area contributed by atoms with Crippen molar-refractivity contribution in [2.24, 2.45) is 5.73 Å². The van der Waals surface area contributed by atoms with E-state index in [1.165, 1.54) is 6.07 Å². The molecule has 16 heavy (non-hydrogen) atoms. The van der Waals surface area contributed by atoms with Crippen LogP contribution in [0.3, 0.4) is 0 Å². The quantitative estimate of drug-likeness (QED) is 0.646. The number of nitrogens with two attached hydrogens (primary N) is 2. The highest BCUT2D eigenvalue weighted by Crippen LogP contribution is 2.27. The van der Waals surface area contributed by atoms with Crippen LogP contribution in [0.25, 0.3) is 0 Å². The van der Waals surface area contributed by atoms with Gasteiger partial charge in [0.25, 0.3) is 0 Å². The third kappa shape index (κ3) is 3.01. The molecule has 0 unspecified atom stereocenters. The standard InChI is InChI=1S/C10H14FN3O2/c1-2-16-9-4-8(14-5-10(13)15)7(12)3-6(9)11/h3-4,14H,2,5,12H2,1H3,(H2,13,15). The maximum atomic E-state index is 13.3. The summed E-state index contributed by atoms with van der Waals surface area (Å²) in [5.41, 5.74) is 11.1. The summed E-state index contributed by atoms with van der Waals surface area (Å²) in [5.74, 6) is -0.977. The Hall–Kier alpha value is -1.98. The van der Waals surface area contributed by atoms with Crippen molar-refractivity contribution in [3.63, 3.8) is 0 Å². The van der Waals surface area contributed by atoms with Crippen molar-refractivity contribution in [1.29, 1.82) is 0 Å². The Labute approximate surface area is 92.6 Å². The van der Waals surface area contributed by atoms with Crippen molar-refractivity contribution in [1.82, 2.24) is 0 Å². The van der Waals surface area contributed by atoms with Gasteiger partial charge >= 0.3 is 0 Å². The Morgan fingerprint density at radius 2 is 2.25 bits per heavy atom. The minimum atomic E-state index is -0.538. The molecule has 5 nitrogen and oxygen atoms in total. The highest BCUT2D eigenvalue weighted by molar-refractivity contribution is 5.81. The molecule has 0 fully saturated rings. The van der Waals surface area contributed by atoms with E-state index >= 15 is 0 Å². The Morgan fingerprint density at radius 3 is 2.81 bits per heavy atom. The van der Waals surface area contributed by atoms with Crippen LogP contribution in [0.15, 0.2) is 12.1 Å². The minimum absolute atomic E-state index is 0.0681. The van der Waals surface area contributed by atoms with Gasteiger partial charge in [0.2, 0.25) is 5.91 Å². The van der Waals surface area contributed by atoms with E-state index in [0.717, 1.165) is 6.07 Å². The van der Waals surface area contributed by atoms with Crippen LogP contribution in [0.2, 0.25) is 0 Å². The summed E-state index contributed by atoms with van der Waals surface area (Å²) < 4.78 is 18.3. The van der Waals surface area contributed by atoms with E-state index in [1.54, 1.807) is 6.92 Å². The highest BCUT2D eigenvalue weighted by atomic mass is 19.1. The number of benzene rings is 1. The van der Waals surface area contributed by atoms with Gasteiger partial charge in [-0.3, -0.25) is 4.79 Å². The summed E-state index contributed by atoms with van der Waals surface area (Å²) in [6.45, 7) is 2.02. The molecule has 0 saturated heterocycles. The molecule has 1 aromatic rings. The molecule has 88 valence electrons. The van der Waals surface area contributed by atoms with Crippen LogP contribution in [0, 0.1) is 5.82 Å². The van der Waals surface area contributed by atoms with Crippen LogP contribution in [0.4, 0.5) is 15.8 Å². The van der Waals surface area contributed by atoms with Crippen molar-refractivity contribution in [3.05, 3.63) is 17.9 Å². The number of nitrogens with one attached hydrogen (secondary N) is 1. The number of ether oxygens (including phenoxy) is 1. The number of amides is 1. The zero-order valence-electron chi connectivity index (χ0n) is 8.92. The lowest BCUT2D eigenvalue weighted by atomic mass is 10.2. The summed E-state index contributed by atoms with van der Waals surface area (Å²) in [5, 5.41) is 2.69. The highest BCUT2D eigenvalue weighted by Gasteiger charge is 2.09. The van der Waals surface area contributed by atoms with Crippen molar-refractivity contribution < 1.29 is 13.9 Å². The maximum absolute atomic E-state index is 13.3. The first kappa shape index (κ1) is 12.1. The number of rotatable bonds is 5. The normalized spacial score (nSPS) is 9.88. The smallest absolute Gasteiger partial charge is 0.236 e. The van der Waals surface area contributed by atoms with E-state index in [9.17, 15) is 9.18 Å². The molecule has 0 atom stereocenters. The Bertz CT molecular complexity index is 396. The molecule has 0 aliphatic rings. The van der Waals surface area contributed by atoms with Crippen molar-refractivity contribution in [2.75, 3.05) is 24.2 Å². The molecule has 5 N–H and O–H groups in total. The van der Waals surface area contributed by atoms with Crippen LogP contribution < -0.4 is 21.5 Å². The third-order valence-electron chi connectivity index (χ3n) is 1.86. The number of halogens is 1. The summed E-state index contributed by atoms with van der Waals surface area (Å²) in [6, 6.07) is 2.53. The van der Waals surface area contributed by atoms with Gasteiger partial charge in [-0.05, 0) is 6.92 Å². The number of nitrogen functional groups attached to an aromatic ring is 1. The van der Waals surface area contributed by atoms with Gasteiger partial charge in [-0.2, -0.15) is 0 Å². The van der Waals surface area contributed by atoms with Crippen molar-refractivity contribution in [3.8, 4) is 5.75 Å². The predicted molar refractivity (Wildman–Crippen MR) is 59.7 cm³/mol. The molecular weight excluding hydrogens is 213 g/mol. The van der Waals surface area contributed by atoms with Gasteiger partial charge in [0.15, 0.2) is 11.6 Å². The summed E-state index contributed by atoms with van der Waals surface area (Å²) >= 11 is 0. The average molecular weight is 227 g/mol. The minimum Gasteiger partial charge on any atom is -0.491 e. The predicted octanol–water partition coefficient (Wildman–Crippen LogP) is 0.704. The number of primary amides is 1. The second kappa shape index (κ2) is 5.20. The van der Waals surface area contributed by atoms with Gasteiger partial charge in [-0.15, -0.1) is 0 Å². The zero-order valence-corrected chi connectivity index (χ0v) is 8.92. The lowest BCUT2D eigenvalue weighted by Crippen LogP contribution is -2.22. The van der Waals surface area contributed by atoms with Crippen molar-refractivity contribution >= 4 is 17.3 Å². The fourth-order valence-corrected chi connectivity index (χ4v) is 1.17. The monoisotopic (exact) mass is 227 g/mol. The fraction of sp³-hybridized carbons (Fsp3) is 0.300. The van der Waals surface area contributed by atoms with Gasteiger partial charge in [-0.25, -0.2) is 4.39 Å². The molecule has 0 heterocycles. The van der Waals surface area contributed by atoms with Gasteiger partial charge in [0, 0.05) is 12.1 Å². The molecule has 1 amide bonds. The zero-order chi connectivity index (χ0) is 12.1. The van der Waals surface area contributed by atoms with E-state index < -0.39 is 11.7 Å². The lowest BCUT2D eigenvalue weighted by molar-refractivity contribution is -0.116. The Balaban J connectivity index is 2.90. The molecule has 0 aliphatic carbocycles. The average Bonchev–Trinajstić information content (AvgIpc) is 2.20. The van der Waals surface area contributed by atoms with Crippen LogP contribution in [0.1, 0.15) is 6.92 Å². The topological polar surface area (TPSA) is 90.4 Å². The molecule has 1 aromatic carbocycles. The molecule has 0 radical (unpaired) electrons. The summed E-state index contributed by atoms with van der Waals surface area (Å²) in [7, 11) is 0. The Kier molecular flexibility index (Phi) is 3.93. The van der Waals surface area contributed by atoms with Gasteiger partial charge in [0.05, 0.1) is 24.5 Å². The molecular formula is C10H14FN3O2. The SMILES string of the molecule is CCOc1cc(NCC(N)=O)c(N)cc1F. The molecule has 0 saturated carbocycles. The maximum Gasteiger partial charge on any atom is 0.236 e. The van der Waals surface area contributed by atoms with Gasteiger partial charge in [-0.1, -0.05) is 0 Å². The first-order chi connectivity index (χ1) is 7.54. The second-order valence-corrected chi connectivity index (χ2v) is 3.12. The number of carbonyl (C=O) groups excluding carboxylic acids is 1. The van der Waals surface area contributed by atoms with Gasteiger partial charge in [0.1, 0.15) is 0 Å². The first-order valence-electron chi connectivity index (χ1n) is 4.78. The molecule has 0 spiro atoms. The number of hydrogen-bond acceptors (Lipinski definition) is 4. The summed E-state index contributed by atoms with van der Waals surface area (Å²) in [6.07, 6.45) is 0. The van der Waals surface area contributed by atoms with Gasteiger partial charge < -0.3 is 21.5 Å². The number of anilines is 2. The third-order valence-corrected chi connectivity index (χ3v) is 1.86. The van der Waals surface area contributed by atoms with E-state index in [1.807, 2.05) is 0 Å². The van der Waals surface area contributed by atoms with Crippen LogP contribution >= 0.6 is 0 Å². The lowest BCUT2D eigenvalue weighted by Gasteiger charge is -2.11. The van der Waals surface area contributed by atoms with Crippen molar-refractivity contribution in [2.45, 2.75) is 6.92 Å². The van der Waals surface area contributed by atoms with Crippen LogP contribution in [-0.4, -0.2) is 19.1 Å². The van der Waals surface area contributed by atoms with Crippen LogP contribution in [-0.2, 0) is 4.79 Å². The van der Waals surface area contributed by atoms with E-state index in [0.29, 0.717) is 12.3 Å². The number of carbonyl (C=O) groups is 1. The molecule has 0 aromatic heterocycles. The largest absolute Gasteiger partial charge is 0.491 e. The number of hydrogen-bond donors (Lipinski definition) is 3. The first-order valence-corrected chi connectivity index (χ1v) is 4.78. The molecule has 1 rings (SSSR count). The summed E-state index contributed by atoms with van der Waals surface area (Å²) in [4.78, 5) is 10.6. The molecule has 0 bridgehead atoms. The van der Waals surface area contributed by atoms with E-state index in [-0.39, 0.29) is 18.0 Å². The second-order valence-electron chi connectivity index (χ2n) is 3.12. The Morgan fingerprint density at radius 1 is 1.56 bits per heavy atom. The molecule has 6 heteroatoms. The van der Waals surface area contributed by atoms with E-state index in [2.05, 4.69) is 5.32 Å². The van der Waals surface area contributed by atoms with Crippen LogP contribution in [0.5, 0.6) is 5.75 Å². The molecule has 0 aliphatic heterocycles. The van der Waals surface area contributed by atoms with E-state index in [4.69, 9.17) is 16.2 Å². The fourth-order valence-electron chi connectivity index (χ4n) is 1.17.